The van der Waals surface area contributed by atoms with Crippen molar-refractivity contribution in [3.8, 4) is 6.07 Å². The summed E-state index contributed by atoms with van der Waals surface area (Å²) in [5.74, 6) is 1.24. The van der Waals surface area contributed by atoms with Gasteiger partial charge in [-0.1, -0.05) is 0 Å². The number of hydrogen-bond donors (Lipinski definition) is 2. The highest BCUT2D eigenvalue weighted by atomic mass is 15.2. The third-order valence-corrected chi connectivity index (χ3v) is 1.68. The van der Waals surface area contributed by atoms with E-state index in [0.717, 1.165) is 0 Å². The van der Waals surface area contributed by atoms with Crippen molar-refractivity contribution >= 4 is 11.6 Å². The molecule has 0 amide bonds. The van der Waals surface area contributed by atoms with Gasteiger partial charge in [0.15, 0.2) is 0 Å². The second-order valence-corrected chi connectivity index (χ2v) is 2.61. The second kappa shape index (κ2) is 3.58. The number of rotatable bonds is 2. The number of hydrogen-bond acceptors (Lipinski definition) is 4. The van der Waals surface area contributed by atoms with Crippen molar-refractivity contribution in [3.63, 3.8) is 0 Å². The summed E-state index contributed by atoms with van der Waals surface area (Å²) >= 11 is 0. The van der Waals surface area contributed by atoms with Gasteiger partial charge < -0.3 is 5.32 Å². The molecular formula is C9H7N5. The maximum atomic E-state index is 8.79. The third-order valence-electron chi connectivity index (χ3n) is 1.68. The fourth-order valence-corrected chi connectivity index (χ4v) is 1.05. The molecule has 0 atom stereocenters. The van der Waals surface area contributed by atoms with Gasteiger partial charge in [0.2, 0.25) is 0 Å². The molecule has 2 rings (SSSR count). The maximum absolute atomic E-state index is 8.79. The zero-order chi connectivity index (χ0) is 9.80. The number of nitrogens with zero attached hydrogens (tertiary/aromatic N) is 3. The van der Waals surface area contributed by atoms with Crippen LogP contribution in [0.2, 0.25) is 0 Å². The Bertz CT molecular complexity index is 454. The van der Waals surface area contributed by atoms with Crippen LogP contribution >= 0.6 is 0 Å². The topological polar surface area (TPSA) is 77.4 Å². The van der Waals surface area contributed by atoms with E-state index in [2.05, 4.69) is 20.5 Å². The Hall–Kier alpha value is -2.35. The van der Waals surface area contributed by atoms with Crippen molar-refractivity contribution in [2.45, 2.75) is 0 Å². The minimum Gasteiger partial charge on any atom is -0.324 e. The lowest BCUT2D eigenvalue weighted by Crippen LogP contribution is -1.96. The van der Waals surface area contributed by atoms with Crippen LogP contribution in [0.25, 0.3) is 0 Å². The number of nitrogens with one attached hydrogen (secondary N) is 2. The van der Waals surface area contributed by atoms with Gasteiger partial charge in [0.05, 0.1) is 11.8 Å². The SMILES string of the molecule is N#Cc1cccnc1Nc1ccn[nH]1. The quantitative estimate of drug-likeness (QED) is 0.741. The molecule has 5 heteroatoms. The summed E-state index contributed by atoms with van der Waals surface area (Å²) in [5, 5.41) is 18.2. The third kappa shape index (κ3) is 1.54. The van der Waals surface area contributed by atoms with Crippen molar-refractivity contribution in [2.75, 3.05) is 5.32 Å². The monoisotopic (exact) mass is 185 g/mol. The van der Waals surface area contributed by atoms with Crippen LogP contribution in [-0.4, -0.2) is 15.2 Å². The van der Waals surface area contributed by atoms with Crippen LogP contribution in [0.15, 0.2) is 30.6 Å². The first-order valence-corrected chi connectivity index (χ1v) is 4.01. The number of H-pyrrole nitrogens is 1. The Labute approximate surface area is 80.4 Å². The van der Waals surface area contributed by atoms with E-state index in [9.17, 15) is 0 Å². The zero-order valence-electron chi connectivity index (χ0n) is 7.23. The van der Waals surface area contributed by atoms with Crippen LogP contribution in [0.1, 0.15) is 5.56 Å². The van der Waals surface area contributed by atoms with Gasteiger partial charge in [-0.15, -0.1) is 0 Å². The molecule has 68 valence electrons. The van der Waals surface area contributed by atoms with E-state index in [-0.39, 0.29) is 0 Å². The first-order valence-electron chi connectivity index (χ1n) is 4.01. The van der Waals surface area contributed by atoms with Crippen LogP contribution in [0.5, 0.6) is 0 Å². The normalized spacial score (nSPS) is 9.36. The lowest BCUT2D eigenvalue weighted by Gasteiger charge is -2.02. The van der Waals surface area contributed by atoms with Crippen LogP contribution in [0.4, 0.5) is 11.6 Å². The minimum absolute atomic E-state index is 0.502. The molecule has 0 aliphatic rings. The Kier molecular flexibility index (Phi) is 2.11. The van der Waals surface area contributed by atoms with Gasteiger partial charge in [-0.2, -0.15) is 10.4 Å². The fraction of sp³-hybridized carbons (Fsp3) is 0. The first-order chi connectivity index (χ1) is 6.90. The lowest BCUT2D eigenvalue weighted by atomic mass is 10.3. The number of aromatic amines is 1. The molecule has 2 heterocycles. The molecule has 0 aliphatic carbocycles. The van der Waals surface area contributed by atoms with Gasteiger partial charge >= 0.3 is 0 Å². The zero-order valence-corrected chi connectivity index (χ0v) is 7.23. The number of pyridine rings is 1. The smallest absolute Gasteiger partial charge is 0.149 e. The minimum atomic E-state index is 0.502. The molecule has 0 aliphatic heterocycles. The Balaban J connectivity index is 2.30. The fourth-order valence-electron chi connectivity index (χ4n) is 1.05. The molecular weight excluding hydrogens is 178 g/mol. The summed E-state index contributed by atoms with van der Waals surface area (Å²) in [4.78, 5) is 4.04. The summed E-state index contributed by atoms with van der Waals surface area (Å²) in [6.07, 6.45) is 3.25. The maximum Gasteiger partial charge on any atom is 0.149 e. The standard InChI is InChI=1S/C9H7N5/c10-6-7-2-1-4-11-9(7)13-8-3-5-12-14-8/h1-5H,(H2,11,12,13,14). The average molecular weight is 185 g/mol. The molecule has 0 saturated heterocycles. The molecule has 0 radical (unpaired) electrons. The summed E-state index contributed by atoms with van der Waals surface area (Å²) in [7, 11) is 0. The molecule has 2 aromatic heterocycles. The van der Waals surface area contributed by atoms with E-state index in [1.807, 2.05) is 6.07 Å². The molecule has 2 N–H and O–H groups in total. The number of aromatic nitrogens is 3. The van der Waals surface area contributed by atoms with Crippen molar-refractivity contribution in [1.82, 2.24) is 15.2 Å². The van der Waals surface area contributed by atoms with E-state index < -0.39 is 0 Å². The van der Waals surface area contributed by atoms with E-state index in [1.54, 1.807) is 30.6 Å². The number of nitriles is 1. The van der Waals surface area contributed by atoms with Crippen molar-refractivity contribution in [3.05, 3.63) is 36.2 Å². The van der Waals surface area contributed by atoms with Crippen LogP contribution < -0.4 is 5.32 Å². The molecule has 2 aromatic rings. The molecule has 0 unspecified atom stereocenters. The van der Waals surface area contributed by atoms with Gasteiger partial charge in [0.25, 0.3) is 0 Å². The average Bonchev–Trinajstić information content (AvgIpc) is 2.71. The molecule has 0 spiro atoms. The van der Waals surface area contributed by atoms with Crippen molar-refractivity contribution in [2.24, 2.45) is 0 Å². The highest BCUT2D eigenvalue weighted by Gasteiger charge is 2.02. The van der Waals surface area contributed by atoms with Gasteiger partial charge in [0.1, 0.15) is 17.7 Å². The highest BCUT2D eigenvalue weighted by molar-refractivity contribution is 5.59. The van der Waals surface area contributed by atoms with Crippen molar-refractivity contribution in [1.29, 1.82) is 5.26 Å². The summed E-state index contributed by atoms with van der Waals surface area (Å²) in [5.41, 5.74) is 0.502. The molecule has 0 aromatic carbocycles. The van der Waals surface area contributed by atoms with Crippen LogP contribution in [0, 0.1) is 11.3 Å². The van der Waals surface area contributed by atoms with Crippen molar-refractivity contribution < 1.29 is 0 Å². The van der Waals surface area contributed by atoms with Gasteiger partial charge in [-0.3, -0.25) is 5.10 Å². The molecule has 0 bridgehead atoms. The van der Waals surface area contributed by atoms with Gasteiger partial charge in [-0.25, -0.2) is 4.98 Å². The Morgan fingerprint density at radius 1 is 1.36 bits per heavy atom. The number of anilines is 2. The van der Waals surface area contributed by atoms with Crippen LogP contribution in [-0.2, 0) is 0 Å². The summed E-state index contributed by atoms with van der Waals surface area (Å²) in [6.45, 7) is 0. The van der Waals surface area contributed by atoms with E-state index >= 15 is 0 Å². The Morgan fingerprint density at radius 3 is 3.00 bits per heavy atom. The van der Waals surface area contributed by atoms with E-state index in [4.69, 9.17) is 5.26 Å². The van der Waals surface area contributed by atoms with E-state index in [1.165, 1.54) is 0 Å². The van der Waals surface area contributed by atoms with Gasteiger partial charge in [-0.05, 0) is 12.1 Å². The first kappa shape index (κ1) is 8.26. The van der Waals surface area contributed by atoms with Gasteiger partial charge in [0, 0.05) is 12.3 Å². The molecule has 0 saturated carbocycles. The predicted molar refractivity (Wildman–Crippen MR) is 50.8 cm³/mol. The predicted octanol–water partition coefficient (Wildman–Crippen LogP) is 1.42. The summed E-state index contributed by atoms with van der Waals surface area (Å²) in [6, 6.07) is 7.23. The largest absolute Gasteiger partial charge is 0.324 e. The molecule has 0 fully saturated rings. The lowest BCUT2D eigenvalue weighted by molar-refractivity contribution is 1.09. The van der Waals surface area contributed by atoms with Crippen LogP contribution in [0.3, 0.4) is 0 Å². The highest BCUT2D eigenvalue weighted by Crippen LogP contribution is 2.14. The van der Waals surface area contributed by atoms with E-state index in [0.29, 0.717) is 17.2 Å². The second-order valence-electron chi connectivity index (χ2n) is 2.61. The molecule has 14 heavy (non-hydrogen) atoms. The Morgan fingerprint density at radius 2 is 2.29 bits per heavy atom. The molecule has 5 nitrogen and oxygen atoms in total. The summed E-state index contributed by atoms with van der Waals surface area (Å²) < 4.78 is 0.